The van der Waals surface area contributed by atoms with Crippen molar-refractivity contribution in [3.63, 3.8) is 0 Å². The summed E-state index contributed by atoms with van der Waals surface area (Å²) >= 11 is 11.8. The number of ketones is 1. The van der Waals surface area contributed by atoms with Gasteiger partial charge in [0.15, 0.2) is 5.78 Å². The maximum Gasteiger partial charge on any atom is 0.345 e. The molecule has 0 atom stereocenters. The quantitative estimate of drug-likeness (QED) is 0.332. The van der Waals surface area contributed by atoms with Crippen molar-refractivity contribution in [3.8, 4) is 5.75 Å². The Hall–Kier alpha value is -2.69. The van der Waals surface area contributed by atoms with Crippen molar-refractivity contribution in [2.24, 2.45) is 0 Å². The number of carbonyl (C=O) groups is 2. The van der Waals surface area contributed by atoms with E-state index in [2.05, 4.69) is 0 Å². The zero-order valence-corrected chi connectivity index (χ0v) is 14.7. The summed E-state index contributed by atoms with van der Waals surface area (Å²) in [6.45, 7) is 0. The number of benzene rings is 3. The second kappa shape index (κ2) is 7.68. The van der Waals surface area contributed by atoms with Gasteiger partial charge in [-0.05, 0) is 66.7 Å². The molecule has 0 fully saturated rings. The molecule has 6 heteroatoms. The van der Waals surface area contributed by atoms with Crippen molar-refractivity contribution in [1.82, 2.24) is 0 Å². The van der Waals surface area contributed by atoms with Crippen LogP contribution in [0.5, 0.6) is 5.75 Å². The molecule has 0 aliphatic carbocycles. The maximum atomic E-state index is 12.9. The second-order valence-corrected chi connectivity index (χ2v) is 6.22. The van der Waals surface area contributed by atoms with E-state index < -0.39 is 11.8 Å². The number of halogens is 3. The Kier molecular flexibility index (Phi) is 5.35. The first-order valence-corrected chi connectivity index (χ1v) is 8.27. The molecule has 130 valence electrons. The van der Waals surface area contributed by atoms with Crippen LogP contribution in [0.2, 0.25) is 10.0 Å². The van der Waals surface area contributed by atoms with E-state index in [-0.39, 0.29) is 22.1 Å². The second-order valence-electron chi connectivity index (χ2n) is 5.37. The molecule has 0 spiro atoms. The van der Waals surface area contributed by atoms with Crippen molar-refractivity contribution in [3.05, 3.63) is 99.3 Å². The molecule has 0 amide bonds. The van der Waals surface area contributed by atoms with Crippen molar-refractivity contribution in [2.45, 2.75) is 0 Å². The van der Waals surface area contributed by atoms with E-state index in [1.807, 2.05) is 0 Å². The van der Waals surface area contributed by atoms with E-state index in [1.165, 1.54) is 66.7 Å². The van der Waals surface area contributed by atoms with Gasteiger partial charge in [0.2, 0.25) is 0 Å². The highest BCUT2D eigenvalue weighted by Gasteiger charge is 2.14. The topological polar surface area (TPSA) is 43.4 Å². The van der Waals surface area contributed by atoms with Gasteiger partial charge in [-0.2, -0.15) is 0 Å². The number of rotatable bonds is 4. The monoisotopic (exact) mass is 388 g/mol. The standard InChI is InChI=1S/C20H11Cl2FO3/c21-14-5-10-17(18(22)11-14)20(25)26-16-8-3-13(4-9-16)19(24)12-1-6-15(23)7-2-12/h1-11H. The average molecular weight is 389 g/mol. The average Bonchev–Trinajstić information content (AvgIpc) is 2.62. The highest BCUT2D eigenvalue weighted by molar-refractivity contribution is 6.36. The summed E-state index contributed by atoms with van der Waals surface area (Å²) in [6, 6.07) is 15.8. The van der Waals surface area contributed by atoms with Crippen LogP contribution in [0.4, 0.5) is 4.39 Å². The van der Waals surface area contributed by atoms with Crippen LogP contribution >= 0.6 is 23.2 Å². The SMILES string of the molecule is O=C(c1ccc(F)cc1)c1ccc(OC(=O)c2ccc(Cl)cc2Cl)cc1. The smallest absolute Gasteiger partial charge is 0.345 e. The van der Waals surface area contributed by atoms with Crippen LogP contribution in [0.15, 0.2) is 66.7 Å². The minimum Gasteiger partial charge on any atom is -0.423 e. The summed E-state index contributed by atoms with van der Waals surface area (Å²) in [5.41, 5.74) is 0.938. The number of ether oxygens (including phenoxy) is 1. The fraction of sp³-hybridized carbons (Fsp3) is 0. The lowest BCUT2D eigenvalue weighted by molar-refractivity contribution is 0.0735. The molecule has 3 aromatic rings. The lowest BCUT2D eigenvalue weighted by atomic mass is 10.0. The first kappa shape index (κ1) is 18.1. The molecule has 0 bridgehead atoms. The number of hydrogen-bond donors (Lipinski definition) is 0. The molecule has 0 aromatic heterocycles. The summed E-state index contributed by atoms with van der Waals surface area (Å²) in [5, 5.41) is 0.598. The van der Waals surface area contributed by atoms with Crippen molar-refractivity contribution in [2.75, 3.05) is 0 Å². The van der Waals surface area contributed by atoms with Crippen LogP contribution in [0.1, 0.15) is 26.3 Å². The minimum absolute atomic E-state index is 0.183. The molecule has 0 heterocycles. The number of hydrogen-bond acceptors (Lipinski definition) is 3. The molecule has 3 rings (SSSR count). The summed E-state index contributed by atoms with van der Waals surface area (Å²) in [6.07, 6.45) is 0. The normalized spacial score (nSPS) is 10.4. The highest BCUT2D eigenvalue weighted by Crippen LogP contribution is 2.23. The summed E-state index contributed by atoms with van der Waals surface area (Å²) < 4.78 is 18.2. The van der Waals surface area contributed by atoms with E-state index in [1.54, 1.807) is 0 Å². The third-order valence-electron chi connectivity index (χ3n) is 3.58. The van der Waals surface area contributed by atoms with Gasteiger partial charge in [-0.25, -0.2) is 9.18 Å². The van der Waals surface area contributed by atoms with Crippen LogP contribution in [0.25, 0.3) is 0 Å². The third-order valence-corrected chi connectivity index (χ3v) is 4.13. The summed E-state index contributed by atoms with van der Waals surface area (Å²) in [5.74, 6) is -1.05. The Bertz CT molecular complexity index is 967. The van der Waals surface area contributed by atoms with Crippen molar-refractivity contribution < 1.29 is 18.7 Å². The van der Waals surface area contributed by atoms with E-state index in [0.29, 0.717) is 16.1 Å². The fourth-order valence-corrected chi connectivity index (χ4v) is 2.74. The molecule has 26 heavy (non-hydrogen) atoms. The van der Waals surface area contributed by atoms with Gasteiger partial charge in [0.05, 0.1) is 10.6 Å². The van der Waals surface area contributed by atoms with Gasteiger partial charge in [-0.1, -0.05) is 23.2 Å². The van der Waals surface area contributed by atoms with Crippen LogP contribution in [-0.2, 0) is 0 Å². The molecule has 0 aliphatic heterocycles. The van der Waals surface area contributed by atoms with E-state index >= 15 is 0 Å². The predicted molar refractivity (Wildman–Crippen MR) is 97.7 cm³/mol. The molecule has 0 radical (unpaired) electrons. The van der Waals surface area contributed by atoms with Gasteiger partial charge in [0.25, 0.3) is 0 Å². The number of carbonyl (C=O) groups excluding carboxylic acids is 2. The zero-order chi connectivity index (χ0) is 18.7. The van der Waals surface area contributed by atoms with Gasteiger partial charge in [0, 0.05) is 16.1 Å². The van der Waals surface area contributed by atoms with Crippen molar-refractivity contribution in [1.29, 1.82) is 0 Å². The molecular weight excluding hydrogens is 378 g/mol. The molecule has 0 aliphatic rings. The predicted octanol–water partition coefficient (Wildman–Crippen LogP) is 5.58. The number of esters is 1. The minimum atomic E-state index is -0.635. The Morgan fingerprint density at radius 1 is 0.808 bits per heavy atom. The van der Waals surface area contributed by atoms with Crippen LogP contribution < -0.4 is 4.74 Å². The lowest BCUT2D eigenvalue weighted by Gasteiger charge is -2.07. The largest absolute Gasteiger partial charge is 0.423 e. The molecule has 0 N–H and O–H groups in total. The van der Waals surface area contributed by atoms with Gasteiger partial charge < -0.3 is 4.74 Å². The Labute approximate surface area is 158 Å². The lowest BCUT2D eigenvalue weighted by Crippen LogP contribution is -2.09. The van der Waals surface area contributed by atoms with Gasteiger partial charge in [-0.3, -0.25) is 4.79 Å². The first-order chi connectivity index (χ1) is 12.4. The zero-order valence-electron chi connectivity index (χ0n) is 13.2. The Balaban J connectivity index is 1.74. The van der Waals surface area contributed by atoms with E-state index in [9.17, 15) is 14.0 Å². The van der Waals surface area contributed by atoms with E-state index in [0.717, 1.165) is 0 Å². The fourth-order valence-electron chi connectivity index (χ4n) is 2.26. The first-order valence-electron chi connectivity index (χ1n) is 7.51. The molecular formula is C20H11Cl2FO3. The molecule has 3 aromatic carbocycles. The van der Waals surface area contributed by atoms with E-state index in [4.69, 9.17) is 27.9 Å². The van der Waals surface area contributed by atoms with Crippen LogP contribution in [-0.4, -0.2) is 11.8 Å². The summed E-state index contributed by atoms with van der Waals surface area (Å²) in [4.78, 5) is 24.5. The Morgan fingerprint density at radius 2 is 1.38 bits per heavy atom. The maximum absolute atomic E-state index is 12.9. The highest BCUT2D eigenvalue weighted by atomic mass is 35.5. The third kappa shape index (κ3) is 4.10. The van der Waals surface area contributed by atoms with Crippen molar-refractivity contribution >= 4 is 35.0 Å². The molecule has 0 saturated heterocycles. The molecule has 0 saturated carbocycles. The Morgan fingerprint density at radius 3 is 1.96 bits per heavy atom. The van der Waals surface area contributed by atoms with Gasteiger partial charge >= 0.3 is 5.97 Å². The van der Waals surface area contributed by atoms with Crippen LogP contribution in [0, 0.1) is 5.82 Å². The summed E-state index contributed by atoms with van der Waals surface area (Å²) in [7, 11) is 0. The van der Waals surface area contributed by atoms with Gasteiger partial charge in [0.1, 0.15) is 11.6 Å². The molecule has 0 unspecified atom stereocenters. The van der Waals surface area contributed by atoms with Gasteiger partial charge in [-0.15, -0.1) is 0 Å². The van der Waals surface area contributed by atoms with Crippen LogP contribution in [0.3, 0.4) is 0 Å². The molecule has 3 nitrogen and oxygen atoms in total.